The van der Waals surface area contributed by atoms with E-state index in [0.717, 1.165) is 12.1 Å². The highest BCUT2D eigenvalue weighted by molar-refractivity contribution is 7.13. The molecular formula is C9H21N2P. The molecule has 0 radical (unpaired) electrons. The highest BCUT2D eigenvalue weighted by Crippen LogP contribution is 2.18. The Morgan fingerprint density at radius 2 is 1.50 bits per heavy atom. The molecule has 0 aromatic heterocycles. The molecule has 0 bridgehead atoms. The molecule has 2 nitrogen and oxygen atoms in total. The average Bonchev–Trinajstić information content (AvgIpc) is 2.05. The molecule has 0 aromatic rings. The van der Waals surface area contributed by atoms with E-state index in [-0.39, 0.29) is 0 Å². The van der Waals surface area contributed by atoms with Crippen LogP contribution in [0.1, 0.15) is 38.5 Å². The Morgan fingerprint density at radius 1 is 1.00 bits per heavy atom. The van der Waals surface area contributed by atoms with E-state index in [1.54, 1.807) is 0 Å². The lowest BCUT2D eigenvalue weighted by atomic mass is 9.94. The van der Waals surface area contributed by atoms with Crippen LogP contribution in [0.5, 0.6) is 0 Å². The standard InChI is InChI=1S/C9H21N2P/c1-10-8-4-2-6-9(11-12)7-3-5-8/h8-11H,2-7,12H2,1H3. The predicted molar refractivity (Wildman–Crippen MR) is 57.2 cm³/mol. The van der Waals surface area contributed by atoms with Crippen molar-refractivity contribution < 1.29 is 0 Å². The van der Waals surface area contributed by atoms with Crippen LogP contribution in [0.15, 0.2) is 0 Å². The lowest BCUT2D eigenvalue weighted by molar-refractivity contribution is 0.377. The van der Waals surface area contributed by atoms with Crippen molar-refractivity contribution in [2.45, 2.75) is 50.6 Å². The lowest BCUT2D eigenvalue weighted by Crippen LogP contribution is -2.29. The topological polar surface area (TPSA) is 24.1 Å². The van der Waals surface area contributed by atoms with E-state index in [4.69, 9.17) is 0 Å². The molecule has 1 atom stereocenters. The second-order valence-corrected chi connectivity index (χ2v) is 4.04. The minimum Gasteiger partial charge on any atom is -0.317 e. The van der Waals surface area contributed by atoms with Gasteiger partial charge < -0.3 is 5.32 Å². The summed E-state index contributed by atoms with van der Waals surface area (Å²) in [6.45, 7) is 0. The number of nitrogens with one attached hydrogen (secondary N) is 2. The van der Waals surface area contributed by atoms with Crippen molar-refractivity contribution in [1.82, 2.24) is 10.4 Å². The van der Waals surface area contributed by atoms with Crippen LogP contribution in [0.2, 0.25) is 0 Å². The molecule has 2 N–H and O–H groups in total. The van der Waals surface area contributed by atoms with Crippen molar-refractivity contribution in [2.75, 3.05) is 7.05 Å². The smallest absolute Gasteiger partial charge is 0.00988 e. The zero-order valence-electron chi connectivity index (χ0n) is 7.97. The first-order chi connectivity index (χ1) is 5.86. The van der Waals surface area contributed by atoms with Crippen LogP contribution < -0.4 is 10.4 Å². The third kappa shape index (κ3) is 3.38. The summed E-state index contributed by atoms with van der Waals surface area (Å²) in [5.41, 5.74) is 0. The Kier molecular flexibility index (Phi) is 5.13. The second-order valence-electron chi connectivity index (χ2n) is 3.71. The summed E-state index contributed by atoms with van der Waals surface area (Å²) in [6, 6.07) is 1.52. The van der Waals surface area contributed by atoms with Gasteiger partial charge in [-0.1, -0.05) is 22.2 Å². The minimum absolute atomic E-state index is 0.743. The fourth-order valence-corrected chi connectivity index (χ4v) is 2.30. The molecule has 0 saturated heterocycles. The van der Waals surface area contributed by atoms with Crippen LogP contribution in [0.4, 0.5) is 0 Å². The molecule has 3 heteroatoms. The Morgan fingerprint density at radius 3 is 1.92 bits per heavy atom. The minimum atomic E-state index is 0.743. The van der Waals surface area contributed by atoms with Gasteiger partial charge in [-0.25, -0.2) is 0 Å². The number of hydrogen-bond donors (Lipinski definition) is 2. The number of hydrogen-bond acceptors (Lipinski definition) is 2. The average molecular weight is 188 g/mol. The summed E-state index contributed by atoms with van der Waals surface area (Å²) in [5.74, 6) is 0. The van der Waals surface area contributed by atoms with Gasteiger partial charge in [0, 0.05) is 12.1 Å². The van der Waals surface area contributed by atoms with Crippen LogP contribution in [0, 0.1) is 0 Å². The summed E-state index contributed by atoms with van der Waals surface area (Å²) in [7, 11) is 4.72. The molecule has 72 valence electrons. The van der Waals surface area contributed by atoms with E-state index in [9.17, 15) is 0 Å². The molecule has 1 unspecified atom stereocenters. The molecule has 1 aliphatic carbocycles. The lowest BCUT2D eigenvalue weighted by Gasteiger charge is -2.23. The van der Waals surface area contributed by atoms with Gasteiger partial charge in [-0.3, -0.25) is 5.09 Å². The Bertz CT molecular complexity index is 97.1. The van der Waals surface area contributed by atoms with Crippen LogP contribution in [-0.4, -0.2) is 19.1 Å². The Hall–Kier alpha value is 0.350. The summed E-state index contributed by atoms with van der Waals surface area (Å²) in [6.07, 6.45) is 8.08. The fraction of sp³-hybridized carbons (Fsp3) is 1.00. The van der Waals surface area contributed by atoms with Crippen molar-refractivity contribution in [3.8, 4) is 0 Å². The van der Waals surface area contributed by atoms with Crippen molar-refractivity contribution in [3.63, 3.8) is 0 Å². The number of rotatable bonds is 2. The van der Waals surface area contributed by atoms with Gasteiger partial charge in [0.1, 0.15) is 0 Å². The maximum atomic E-state index is 3.38. The van der Waals surface area contributed by atoms with Gasteiger partial charge in [0.2, 0.25) is 0 Å². The van der Waals surface area contributed by atoms with Crippen molar-refractivity contribution in [2.24, 2.45) is 0 Å². The molecular weight excluding hydrogens is 167 g/mol. The van der Waals surface area contributed by atoms with E-state index in [1.165, 1.54) is 38.5 Å². The monoisotopic (exact) mass is 188 g/mol. The first-order valence-electron chi connectivity index (χ1n) is 5.00. The third-order valence-electron chi connectivity index (χ3n) is 2.85. The normalized spacial score (nSPS) is 32.5. The highest BCUT2D eigenvalue weighted by atomic mass is 31.0. The van der Waals surface area contributed by atoms with E-state index in [1.807, 2.05) is 0 Å². The van der Waals surface area contributed by atoms with Gasteiger partial charge in [0.05, 0.1) is 0 Å². The summed E-state index contributed by atoms with van der Waals surface area (Å²) in [5, 5.41) is 6.68. The van der Waals surface area contributed by atoms with Crippen LogP contribution in [0.25, 0.3) is 0 Å². The second kappa shape index (κ2) is 5.90. The quantitative estimate of drug-likeness (QED) is 0.644. The highest BCUT2D eigenvalue weighted by Gasteiger charge is 2.13. The molecule has 1 saturated carbocycles. The zero-order chi connectivity index (χ0) is 8.81. The van der Waals surface area contributed by atoms with Crippen LogP contribution in [-0.2, 0) is 0 Å². The van der Waals surface area contributed by atoms with Crippen LogP contribution in [0.3, 0.4) is 0 Å². The van der Waals surface area contributed by atoms with Gasteiger partial charge in [-0.05, 0) is 32.7 Å². The first-order valence-corrected chi connectivity index (χ1v) is 5.58. The zero-order valence-corrected chi connectivity index (χ0v) is 9.13. The molecule has 1 aliphatic rings. The van der Waals surface area contributed by atoms with Gasteiger partial charge in [0.15, 0.2) is 0 Å². The van der Waals surface area contributed by atoms with Crippen LogP contribution >= 0.6 is 9.39 Å². The van der Waals surface area contributed by atoms with Gasteiger partial charge in [-0.2, -0.15) is 0 Å². The molecule has 1 rings (SSSR count). The Balaban J connectivity index is 2.24. The van der Waals surface area contributed by atoms with Crippen molar-refractivity contribution in [3.05, 3.63) is 0 Å². The van der Waals surface area contributed by atoms with Crippen molar-refractivity contribution in [1.29, 1.82) is 0 Å². The molecule has 0 aliphatic heterocycles. The SMILES string of the molecule is CNC1CCCC(NP)CCC1. The van der Waals surface area contributed by atoms with E-state index >= 15 is 0 Å². The third-order valence-corrected chi connectivity index (χ3v) is 3.33. The summed E-state index contributed by atoms with van der Waals surface area (Å²) < 4.78 is 0. The molecule has 0 amide bonds. The van der Waals surface area contributed by atoms with E-state index in [0.29, 0.717) is 0 Å². The molecule has 0 aromatic carbocycles. The van der Waals surface area contributed by atoms with E-state index < -0.39 is 0 Å². The largest absolute Gasteiger partial charge is 0.317 e. The molecule has 0 spiro atoms. The fourth-order valence-electron chi connectivity index (χ4n) is 1.97. The predicted octanol–water partition coefficient (Wildman–Crippen LogP) is 1.68. The van der Waals surface area contributed by atoms with Gasteiger partial charge >= 0.3 is 0 Å². The Labute approximate surface area is 78.1 Å². The van der Waals surface area contributed by atoms with Gasteiger partial charge in [-0.15, -0.1) is 0 Å². The molecule has 1 fully saturated rings. The summed E-state index contributed by atoms with van der Waals surface area (Å²) in [4.78, 5) is 0. The maximum Gasteiger partial charge on any atom is 0.00988 e. The molecule has 0 heterocycles. The molecule has 12 heavy (non-hydrogen) atoms. The van der Waals surface area contributed by atoms with Gasteiger partial charge in [0.25, 0.3) is 0 Å². The maximum absolute atomic E-state index is 3.38. The summed E-state index contributed by atoms with van der Waals surface area (Å²) >= 11 is 0. The van der Waals surface area contributed by atoms with E-state index in [2.05, 4.69) is 26.8 Å². The van der Waals surface area contributed by atoms with Crippen molar-refractivity contribution >= 4 is 9.39 Å². The first kappa shape index (κ1) is 10.4.